The molecule has 0 spiro atoms. The molecule has 0 radical (unpaired) electrons. The van der Waals surface area contributed by atoms with E-state index in [4.69, 9.17) is 4.74 Å². The van der Waals surface area contributed by atoms with E-state index in [0.29, 0.717) is 19.4 Å². The number of ether oxygens (including phenoxy) is 1. The Morgan fingerprint density at radius 3 is 2.14 bits per heavy atom. The van der Waals surface area contributed by atoms with Crippen LogP contribution in [-0.2, 0) is 14.9 Å². The molecule has 110 valence electrons. The third-order valence-electron chi connectivity index (χ3n) is 4.26. The van der Waals surface area contributed by atoms with Gasteiger partial charge in [0.15, 0.2) is 0 Å². The number of benzene rings is 2. The standard InChI is InChI=1S/C19H17NO2/c1-14(21)22-12-6-11-19(13-20)17-9-4-2-7-15(17)16-8-3-5-10-18(16)19/h2-5,7-10H,6,11-12H2,1H3. The maximum Gasteiger partial charge on any atom is 0.302 e. The highest BCUT2D eigenvalue weighted by Crippen LogP contribution is 2.50. The van der Waals surface area contributed by atoms with Crippen molar-refractivity contribution >= 4 is 5.97 Å². The van der Waals surface area contributed by atoms with Crippen molar-refractivity contribution in [1.29, 1.82) is 5.26 Å². The molecule has 0 amide bonds. The largest absolute Gasteiger partial charge is 0.466 e. The van der Waals surface area contributed by atoms with Gasteiger partial charge in [0.05, 0.1) is 12.7 Å². The zero-order chi connectivity index (χ0) is 15.6. The van der Waals surface area contributed by atoms with Crippen LogP contribution in [0.3, 0.4) is 0 Å². The molecule has 0 aliphatic heterocycles. The summed E-state index contributed by atoms with van der Waals surface area (Å²) in [6.45, 7) is 1.75. The van der Waals surface area contributed by atoms with Crippen LogP contribution in [0, 0.1) is 11.3 Å². The smallest absolute Gasteiger partial charge is 0.302 e. The zero-order valence-electron chi connectivity index (χ0n) is 12.5. The summed E-state index contributed by atoms with van der Waals surface area (Å²) in [5.41, 5.74) is 3.73. The molecule has 22 heavy (non-hydrogen) atoms. The number of nitriles is 1. The van der Waals surface area contributed by atoms with Crippen molar-refractivity contribution in [1.82, 2.24) is 0 Å². The third kappa shape index (κ3) is 2.17. The summed E-state index contributed by atoms with van der Waals surface area (Å²) in [6.07, 6.45) is 1.31. The second-order valence-electron chi connectivity index (χ2n) is 5.55. The van der Waals surface area contributed by atoms with Crippen molar-refractivity contribution in [3.8, 4) is 17.2 Å². The van der Waals surface area contributed by atoms with Gasteiger partial charge in [-0.1, -0.05) is 48.5 Å². The van der Waals surface area contributed by atoms with Crippen molar-refractivity contribution < 1.29 is 9.53 Å². The first-order valence-corrected chi connectivity index (χ1v) is 7.43. The lowest BCUT2D eigenvalue weighted by atomic mass is 9.76. The number of nitrogens with zero attached hydrogens (tertiary/aromatic N) is 1. The number of carbonyl (C=O) groups is 1. The van der Waals surface area contributed by atoms with Crippen molar-refractivity contribution in [3.05, 3.63) is 59.7 Å². The first kappa shape index (κ1) is 14.3. The van der Waals surface area contributed by atoms with Gasteiger partial charge in [0, 0.05) is 6.92 Å². The minimum Gasteiger partial charge on any atom is -0.466 e. The normalized spacial score (nSPS) is 13.8. The molecule has 0 aromatic heterocycles. The third-order valence-corrected chi connectivity index (χ3v) is 4.26. The lowest BCUT2D eigenvalue weighted by molar-refractivity contribution is -0.141. The van der Waals surface area contributed by atoms with Crippen LogP contribution in [0.2, 0.25) is 0 Å². The minimum atomic E-state index is -0.646. The van der Waals surface area contributed by atoms with Crippen LogP contribution in [0.5, 0.6) is 0 Å². The van der Waals surface area contributed by atoms with E-state index in [9.17, 15) is 10.1 Å². The molecular formula is C19H17NO2. The van der Waals surface area contributed by atoms with Gasteiger partial charge in [-0.2, -0.15) is 5.26 Å². The molecule has 0 heterocycles. The first-order chi connectivity index (χ1) is 10.7. The van der Waals surface area contributed by atoms with E-state index in [2.05, 4.69) is 18.2 Å². The van der Waals surface area contributed by atoms with Gasteiger partial charge < -0.3 is 4.74 Å². The predicted molar refractivity (Wildman–Crippen MR) is 84.1 cm³/mol. The topological polar surface area (TPSA) is 50.1 Å². The molecule has 2 aromatic carbocycles. The number of fused-ring (bicyclic) bond motifs is 3. The summed E-state index contributed by atoms with van der Waals surface area (Å²) in [4.78, 5) is 10.9. The molecule has 0 atom stereocenters. The summed E-state index contributed by atoms with van der Waals surface area (Å²) >= 11 is 0. The lowest BCUT2D eigenvalue weighted by Gasteiger charge is -2.24. The number of carbonyl (C=O) groups excluding carboxylic acids is 1. The monoisotopic (exact) mass is 291 g/mol. The summed E-state index contributed by atoms with van der Waals surface area (Å²) < 4.78 is 5.02. The fraction of sp³-hybridized carbons (Fsp3) is 0.263. The molecule has 2 aromatic rings. The van der Waals surface area contributed by atoms with Gasteiger partial charge in [0.2, 0.25) is 0 Å². The Morgan fingerprint density at radius 2 is 1.64 bits per heavy atom. The Balaban J connectivity index is 2.00. The maximum absolute atomic E-state index is 10.9. The van der Waals surface area contributed by atoms with Crippen LogP contribution in [0.25, 0.3) is 11.1 Å². The zero-order valence-corrected chi connectivity index (χ0v) is 12.5. The molecule has 0 saturated heterocycles. The van der Waals surface area contributed by atoms with E-state index in [1.54, 1.807) is 0 Å². The second kappa shape index (κ2) is 5.65. The van der Waals surface area contributed by atoms with Gasteiger partial charge >= 0.3 is 5.97 Å². The van der Waals surface area contributed by atoms with Crippen molar-refractivity contribution in [2.45, 2.75) is 25.2 Å². The van der Waals surface area contributed by atoms with Crippen LogP contribution in [0.15, 0.2) is 48.5 Å². The first-order valence-electron chi connectivity index (χ1n) is 7.43. The number of hydrogen-bond donors (Lipinski definition) is 0. The number of esters is 1. The summed E-state index contributed by atoms with van der Waals surface area (Å²) in [7, 11) is 0. The van der Waals surface area contributed by atoms with Gasteiger partial charge in [0.1, 0.15) is 5.41 Å². The Kier molecular flexibility index (Phi) is 3.68. The molecule has 0 bridgehead atoms. The highest BCUT2D eigenvalue weighted by Gasteiger charge is 2.42. The Morgan fingerprint density at radius 1 is 1.09 bits per heavy atom. The van der Waals surface area contributed by atoms with Crippen LogP contribution in [0.4, 0.5) is 0 Å². The van der Waals surface area contributed by atoms with E-state index in [1.165, 1.54) is 6.92 Å². The van der Waals surface area contributed by atoms with Crippen LogP contribution >= 0.6 is 0 Å². The molecule has 0 N–H and O–H groups in total. The highest BCUT2D eigenvalue weighted by atomic mass is 16.5. The Labute approximate surface area is 130 Å². The minimum absolute atomic E-state index is 0.279. The Hall–Kier alpha value is -2.60. The summed E-state index contributed by atoms with van der Waals surface area (Å²) in [5, 5.41) is 9.96. The molecule has 3 heteroatoms. The van der Waals surface area contributed by atoms with Crippen molar-refractivity contribution in [2.24, 2.45) is 0 Å². The molecule has 1 aliphatic rings. The number of rotatable bonds is 4. The Bertz CT molecular complexity index is 713. The summed E-state index contributed by atoms with van der Waals surface area (Å²) in [6, 6.07) is 18.7. The SMILES string of the molecule is CC(=O)OCCCC1(C#N)c2ccccc2-c2ccccc21. The van der Waals surface area contributed by atoms with Gasteiger partial charge in [-0.05, 0) is 35.1 Å². The van der Waals surface area contributed by atoms with E-state index in [-0.39, 0.29) is 5.97 Å². The molecule has 0 unspecified atom stereocenters. The van der Waals surface area contributed by atoms with Crippen molar-refractivity contribution in [2.75, 3.05) is 6.61 Å². The fourth-order valence-electron chi connectivity index (χ4n) is 3.32. The molecule has 1 aliphatic carbocycles. The van der Waals surface area contributed by atoms with Gasteiger partial charge in [0.25, 0.3) is 0 Å². The molecule has 3 rings (SSSR count). The van der Waals surface area contributed by atoms with E-state index < -0.39 is 5.41 Å². The van der Waals surface area contributed by atoms with Gasteiger partial charge in [-0.15, -0.1) is 0 Å². The van der Waals surface area contributed by atoms with E-state index in [0.717, 1.165) is 22.3 Å². The van der Waals surface area contributed by atoms with Crippen molar-refractivity contribution in [3.63, 3.8) is 0 Å². The fourth-order valence-corrected chi connectivity index (χ4v) is 3.32. The quantitative estimate of drug-likeness (QED) is 0.635. The van der Waals surface area contributed by atoms with Gasteiger partial charge in [-0.3, -0.25) is 4.79 Å². The average Bonchev–Trinajstić information content (AvgIpc) is 2.83. The van der Waals surface area contributed by atoms with Crippen LogP contribution < -0.4 is 0 Å². The van der Waals surface area contributed by atoms with Crippen LogP contribution in [0.1, 0.15) is 30.9 Å². The maximum atomic E-state index is 10.9. The van der Waals surface area contributed by atoms with Crippen LogP contribution in [-0.4, -0.2) is 12.6 Å². The van der Waals surface area contributed by atoms with E-state index >= 15 is 0 Å². The second-order valence-corrected chi connectivity index (χ2v) is 5.55. The molecule has 0 saturated carbocycles. The predicted octanol–water partition coefficient (Wildman–Crippen LogP) is 3.82. The summed E-state index contributed by atoms with van der Waals surface area (Å²) in [5.74, 6) is -0.279. The molecule has 3 nitrogen and oxygen atoms in total. The lowest BCUT2D eigenvalue weighted by Crippen LogP contribution is -2.23. The molecule has 0 fully saturated rings. The van der Waals surface area contributed by atoms with Gasteiger partial charge in [-0.25, -0.2) is 0 Å². The van der Waals surface area contributed by atoms with E-state index in [1.807, 2.05) is 36.4 Å². The number of hydrogen-bond acceptors (Lipinski definition) is 3. The highest BCUT2D eigenvalue weighted by molar-refractivity contribution is 5.82. The molecular weight excluding hydrogens is 274 g/mol. The average molecular weight is 291 g/mol.